The molecule has 0 spiro atoms. The first-order chi connectivity index (χ1) is 19.4. The average Bonchev–Trinajstić information content (AvgIpc) is 3.70. The first-order valence-electron chi connectivity index (χ1n) is 14.3. The molecule has 0 unspecified atom stereocenters. The molecule has 1 amide bonds. The predicted molar refractivity (Wildman–Crippen MR) is 155 cm³/mol. The summed E-state index contributed by atoms with van der Waals surface area (Å²) in [5.41, 5.74) is 8.48. The first-order valence-corrected chi connectivity index (χ1v) is 14.3. The summed E-state index contributed by atoms with van der Waals surface area (Å²) in [5.74, 6) is 3.28. The van der Waals surface area contributed by atoms with Crippen LogP contribution in [0.15, 0.2) is 59.1 Å². The van der Waals surface area contributed by atoms with Crippen LogP contribution in [0.5, 0.6) is 5.75 Å². The Labute approximate surface area is 234 Å². The number of rotatable bonds is 4. The predicted octanol–water partition coefficient (Wildman–Crippen LogP) is 6.04. The molecule has 4 heterocycles. The zero-order valence-corrected chi connectivity index (χ0v) is 23.3. The van der Waals surface area contributed by atoms with Gasteiger partial charge in [-0.05, 0) is 105 Å². The van der Waals surface area contributed by atoms with Gasteiger partial charge >= 0.3 is 0 Å². The van der Waals surface area contributed by atoms with Crippen molar-refractivity contribution in [2.45, 2.75) is 39.0 Å². The van der Waals surface area contributed by atoms with E-state index in [1.165, 1.54) is 24.0 Å². The Morgan fingerprint density at radius 3 is 2.45 bits per heavy atom. The summed E-state index contributed by atoms with van der Waals surface area (Å²) < 4.78 is 11.3. The molecule has 1 saturated heterocycles. The van der Waals surface area contributed by atoms with Crippen LogP contribution in [0.2, 0.25) is 0 Å². The number of fused-ring (bicyclic) bond motifs is 2. The zero-order chi connectivity index (χ0) is 27.4. The van der Waals surface area contributed by atoms with Crippen LogP contribution in [-0.4, -0.2) is 54.2 Å². The normalized spacial score (nSPS) is 19.0. The Morgan fingerprint density at radius 2 is 1.73 bits per heavy atom. The van der Waals surface area contributed by atoms with Crippen LogP contribution in [0.4, 0.5) is 5.69 Å². The number of ether oxygens (including phenoxy) is 1. The summed E-state index contributed by atoms with van der Waals surface area (Å²) in [7, 11) is 2.20. The van der Waals surface area contributed by atoms with Crippen molar-refractivity contribution in [3.8, 4) is 28.3 Å². The number of likely N-dealkylation sites (tertiary alicyclic amines) is 1. The summed E-state index contributed by atoms with van der Waals surface area (Å²) in [4.78, 5) is 22.4. The maximum absolute atomic E-state index is 13.7. The number of piperidine rings is 1. The Hall–Kier alpha value is -3.97. The van der Waals surface area contributed by atoms with Crippen molar-refractivity contribution in [3.63, 3.8) is 0 Å². The molecule has 0 bridgehead atoms. The van der Waals surface area contributed by atoms with Gasteiger partial charge in [-0.25, -0.2) is 0 Å². The Morgan fingerprint density at radius 1 is 0.950 bits per heavy atom. The van der Waals surface area contributed by atoms with Crippen molar-refractivity contribution >= 4 is 11.6 Å². The number of aryl methyl sites for hydroxylation is 2. The van der Waals surface area contributed by atoms with E-state index in [9.17, 15) is 4.79 Å². The highest BCUT2D eigenvalue weighted by Gasteiger charge is 2.36. The van der Waals surface area contributed by atoms with Crippen LogP contribution in [0.3, 0.4) is 0 Å². The molecule has 3 aromatic carbocycles. The molecule has 3 aliphatic rings. The standard InChI is InChI=1S/C33H34N4O3/c1-20-16-26(32-34-21(2)40-35-32)8-9-27(20)22-4-6-24(7-5-22)33(38)37-15-12-25-17-31-28(18-30(25)37)29(19-39-31)23-10-13-36(3)14-11-23/h4-9,16-18,23,29H,10-15,19H2,1-3H3/t29-/m0/s1. The van der Waals surface area contributed by atoms with Crippen molar-refractivity contribution in [2.75, 3.05) is 38.2 Å². The van der Waals surface area contributed by atoms with Crippen molar-refractivity contribution in [1.29, 1.82) is 0 Å². The minimum absolute atomic E-state index is 0.0551. The molecule has 3 aliphatic heterocycles. The lowest BCUT2D eigenvalue weighted by atomic mass is 9.81. The van der Waals surface area contributed by atoms with Gasteiger partial charge in [-0.3, -0.25) is 4.79 Å². The van der Waals surface area contributed by atoms with Gasteiger partial charge in [-0.1, -0.05) is 29.4 Å². The number of hydrogen-bond donors (Lipinski definition) is 0. The maximum atomic E-state index is 13.7. The number of aromatic nitrogens is 2. The van der Waals surface area contributed by atoms with E-state index in [0.29, 0.717) is 35.7 Å². The summed E-state index contributed by atoms with van der Waals surface area (Å²) in [6.07, 6.45) is 3.27. The third-order valence-electron chi connectivity index (χ3n) is 8.96. The number of nitrogens with zero attached hydrogens (tertiary/aromatic N) is 4. The van der Waals surface area contributed by atoms with Crippen LogP contribution in [-0.2, 0) is 6.42 Å². The van der Waals surface area contributed by atoms with E-state index in [1.807, 2.05) is 35.2 Å². The lowest BCUT2D eigenvalue weighted by Crippen LogP contribution is -2.33. The summed E-state index contributed by atoms with van der Waals surface area (Å²) >= 11 is 0. The third-order valence-corrected chi connectivity index (χ3v) is 8.96. The van der Waals surface area contributed by atoms with Gasteiger partial charge in [0.2, 0.25) is 11.7 Å². The molecule has 7 rings (SSSR count). The number of anilines is 1. The van der Waals surface area contributed by atoms with Crippen molar-refractivity contribution < 1.29 is 14.1 Å². The molecule has 4 aromatic rings. The molecule has 0 aliphatic carbocycles. The van der Waals surface area contributed by atoms with Gasteiger partial charge in [0.15, 0.2) is 0 Å². The van der Waals surface area contributed by atoms with Crippen molar-refractivity contribution in [2.24, 2.45) is 5.92 Å². The first kappa shape index (κ1) is 25.0. The van der Waals surface area contributed by atoms with Crippen LogP contribution in [0, 0.1) is 19.8 Å². The highest BCUT2D eigenvalue weighted by molar-refractivity contribution is 6.07. The molecule has 204 valence electrons. The molecular weight excluding hydrogens is 500 g/mol. The van der Waals surface area contributed by atoms with E-state index in [1.54, 1.807) is 6.92 Å². The minimum Gasteiger partial charge on any atom is -0.493 e. The highest BCUT2D eigenvalue weighted by atomic mass is 16.5. The van der Waals surface area contributed by atoms with Crippen LogP contribution in [0.25, 0.3) is 22.5 Å². The molecule has 1 aromatic heterocycles. The molecule has 0 N–H and O–H groups in total. The van der Waals surface area contributed by atoms with Crippen LogP contribution < -0.4 is 9.64 Å². The molecule has 0 radical (unpaired) electrons. The van der Waals surface area contributed by atoms with Crippen molar-refractivity contribution in [1.82, 2.24) is 15.0 Å². The molecule has 1 atom stereocenters. The van der Waals surface area contributed by atoms with Gasteiger partial charge in [0.25, 0.3) is 5.91 Å². The van der Waals surface area contributed by atoms with Gasteiger partial charge < -0.3 is 19.1 Å². The van der Waals surface area contributed by atoms with Gasteiger partial charge in [-0.2, -0.15) is 4.98 Å². The second-order valence-corrected chi connectivity index (χ2v) is 11.5. The number of hydrogen-bond acceptors (Lipinski definition) is 6. The van der Waals surface area contributed by atoms with E-state index in [2.05, 4.69) is 53.3 Å². The Kier molecular flexibility index (Phi) is 6.19. The SMILES string of the molecule is Cc1nc(-c2ccc(-c3ccc(C(=O)N4CCc5cc6c(cc54)[C@H](C4CCN(C)CC4)CO6)cc3)c(C)c2)no1. The lowest BCUT2D eigenvalue weighted by molar-refractivity contribution is 0.0989. The average molecular weight is 535 g/mol. The quantitative estimate of drug-likeness (QED) is 0.318. The monoisotopic (exact) mass is 534 g/mol. The van der Waals surface area contributed by atoms with E-state index in [0.717, 1.165) is 59.8 Å². The molecule has 7 heteroatoms. The zero-order valence-electron chi connectivity index (χ0n) is 23.3. The highest BCUT2D eigenvalue weighted by Crippen LogP contribution is 2.46. The fourth-order valence-electron chi connectivity index (χ4n) is 6.64. The smallest absolute Gasteiger partial charge is 0.258 e. The fourth-order valence-corrected chi connectivity index (χ4v) is 6.64. The van der Waals surface area contributed by atoms with Gasteiger partial charge in [0.05, 0.1) is 6.61 Å². The molecule has 1 fully saturated rings. The maximum Gasteiger partial charge on any atom is 0.258 e. The molecule has 0 saturated carbocycles. The summed E-state index contributed by atoms with van der Waals surface area (Å²) in [6.45, 7) is 7.61. The number of carbonyl (C=O) groups is 1. The van der Waals surface area contributed by atoms with Gasteiger partial charge in [0.1, 0.15) is 5.75 Å². The topological polar surface area (TPSA) is 71.7 Å². The Balaban J connectivity index is 1.11. The minimum atomic E-state index is 0.0551. The second-order valence-electron chi connectivity index (χ2n) is 11.5. The van der Waals surface area contributed by atoms with Gasteiger partial charge in [-0.15, -0.1) is 0 Å². The van der Waals surface area contributed by atoms with Gasteiger partial charge in [0, 0.05) is 41.8 Å². The Bertz CT molecular complexity index is 1580. The van der Waals surface area contributed by atoms with Crippen molar-refractivity contribution in [3.05, 3.63) is 82.7 Å². The fraction of sp³-hybridized carbons (Fsp3) is 0.364. The number of benzene rings is 3. The van der Waals surface area contributed by atoms with Crippen LogP contribution >= 0.6 is 0 Å². The lowest BCUT2D eigenvalue weighted by Gasteiger charge is -2.32. The molecule has 40 heavy (non-hydrogen) atoms. The molecular formula is C33H34N4O3. The van der Waals surface area contributed by atoms with E-state index in [-0.39, 0.29) is 5.91 Å². The van der Waals surface area contributed by atoms with E-state index < -0.39 is 0 Å². The van der Waals surface area contributed by atoms with Crippen LogP contribution in [0.1, 0.15) is 51.7 Å². The number of carbonyl (C=O) groups excluding carboxylic acids is 1. The summed E-state index contributed by atoms with van der Waals surface area (Å²) in [6, 6.07) is 18.6. The largest absolute Gasteiger partial charge is 0.493 e. The third kappa shape index (κ3) is 4.38. The van der Waals surface area contributed by atoms with E-state index >= 15 is 0 Å². The van der Waals surface area contributed by atoms with E-state index in [4.69, 9.17) is 9.26 Å². The molecule has 7 nitrogen and oxygen atoms in total. The number of amides is 1. The second kappa shape index (κ2) is 9.89. The summed E-state index contributed by atoms with van der Waals surface area (Å²) in [5, 5.41) is 4.03.